The van der Waals surface area contributed by atoms with Gasteiger partial charge < -0.3 is 0 Å². The van der Waals surface area contributed by atoms with E-state index in [1.165, 1.54) is 44.9 Å². The van der Waals surface area contributed by atoms with E-state index in [1.807, 2.05) is 0 Å². The van der Waals surface area contributed by atoms with Crippen LogP contribution in [0.3, 0.4) is 0 Å². The molecule has 0 radical (unpaired) electrons. The Hall–Kier alpha value is 0. The first-order valence-corrected chi connectivity index (χ1v) is 8.30. The summed E-state index contributed by atoms with van der Waals surface area (Å²) in [5, 5.41) is 0. The zero-order valence-corrected chi connectivity index (χ0v) is 14.2. The highest BCUT2D eigenvalue weighted by Gasteiger charge is 2.25. The topological polar surface area (TPSA) is 0 Å². The molecule has 0 aromatic carbocycles. The van der Waals surface area contributed by atoms with Crippen LogP contribution in [0.2, 0.25) is 0 Å². The Labute approximate surface area is 117 Å². The molecule has 0 nitrogen and oxygen atoms in total. The quantitative estimate of drug-likeness (QED) is 0.407. The van der Waals surface area contributed by atoms with Crippen molar-refractivity contribution in [3.05, 3.63) is 0 Å². The molecule has 110 valence electrons. The molecule has 18 heavy (non-hydrogen) atoms. The van der Waals surface area contributed by atoms with Gasteiger partial charge in [0.15, 0.2) is 0 Å². The lowest BCUT2D eigenvalue weighted by Gasteiger charge is -2.33. The van der Waals surface area contributed by atoms with Crippen LogP contribution in [0.1, 0.15) is 93.4 Å². The molecule has 0 aromatic heterocycles. The minimum absolute atomic E-state index is 0.530. The van der Waals surface area contributed by atoms with Crippen molar-refractivity contribution >= 4 is 0 Å². The summed E-state index contributed by atoms with van der Waals surface area (Å²) in [5.74, 6) is 2.68. The van der Waals surface area contributed by atoms with E-state index < -0.39 is 0 Å². The molecule has 0 aromatic rings. The molecule has 0 saturated heterocycles. The van der Waals surface area contributed by atoms with Gasteiger partial charge >= 0.3 is 0 Å². The predicted molar refractivity (Wildman–Crippen MR) is 84.9 cm³/mol. The van der Waals surface area contributed by atoms with E-state index in [9.17, 15) is 0 Å². The van der Waals surface area contributed by atoms with Crippen LogP contribution < -0.4 is 0 Å². The fraction of sp³-hybridized carbons (Fsp3) is 1.00. The number of rotatable bonds is 10. The summed E-state index contributed by atoms with van der Waals surface area (Å²) in [6, 6.07) is 0. The second-order valence-electron chi connectivity index (χ2n) is 7.72. The fourth-order valence-electron chi connectivity index (χ4n) is 3.42. The van der Waals surface area contributed by atoms with Gasteiger partial charge in [0, 0.05) is 0 Å². The second-order valence-corrected chi connectivity index (χ2v) is 7.72. The minimum atomic E-state index is 0.530. The molecule has 0 N–H and O–H groups in total. The average Bonchev–Trinajstić information content (AvgIpc) is 2.23. The molecule has 0 heterocycles. The molecule has 0 aliphatic rings. The maximum absolute atomic E-state index is 2.48. The maximum atomic E-state index is 2.48. The highest BCUT2D eigenvalue weighted by atomic mass is 14.3. The van der Waals surface area contributed by atoms with Crippen LogP contribution in [-0.4, -0.2) is 0 Å². The largest absolute Gasteiger partial charge is 0.0654 e. The summed E-state index contributed by atoms with van der Waals surface area (Å²) >= 11 is 0. The van der Waals surface area contributed by atoms with Gasteiger partial charge in [-0.25, -0.2) is 0 Å². The van der Waals surface area contributed by atoms with Crippen molar-refractivity contribution in [2.75, 3.05) is 0 Å². The Balaban J connectivity index is 4.33. The van der Waals surface area contributed by atoms with Gasteiger partial charge in [-0.05, 0) is 42.4 Å². The third-order valence-electron chi connectivity index (χ3n) is 4.21. The first kappa shape index (κ1) is 18.0. The summed E-state index contributed by atoms with van der Waals surface area (Å²) in [5.41, 5.74) is 0.530. The van der Waals surface area contributed by atoms with E-state index in [2.05, 4.69) is 48.5 Å². The third-order valence-corrected chi connectivity index (χ3v) is 4.21. The van der Waals surface area contributed by atoms with E-state index in [0.717, 1.165) is 17.8 Å². The average molecular weight is 255 g/mol. The Bertz CT molecular complexity index is 190. The van der Waals surface area contributed by atoms with Crippen LogP contribution >= 0.6 is 0 Å². The van der Waals surface area contributed by atoms with E-state index in [1.54, 1.807) is 0 Å². The first-order chi connectivity index (χ1) is 8.30. The van der Waals surface area contributed by atoms with Crippen molar-refractivity contribution in [2.45, 2.75) is 93.4 Å². The highest BCUT2D eigenvalue weighted by Crippen LogP contribution is 2.37. The molecule has 0 bridgehead atoms. The summed E-state index contributed by atoms with van der Waals surface area (Å²) < 4.78 is 0. The van der Waals surface area contributed by atoms with Crippen LogP contribution in [0.5, 0.6) is 0 Å². The lowest BCUT2D eigenvalue weighted by Crippen LogP contribution is -2.21. The van der Waals surface area contributed by atoms with E-state index in [-0.39, 0.29) is 0 Å². The molecule has 0 saturated carbocycles. The van der Waals surface area contributed by atoms with E-state index >= 15 is 0 Å². The molecule has 2 atom stereocenters. The Morgan fingerprint density at radius 3 is 2.00 bits per heavy atom. The maximum Gasteiger partial charge on any atom is -0.0349 e. The van der Waals surface area contributed by atoms with Gasteiger partial charge in [0.2, 0.25) is 0 Å². The van der Waals surface area contributed by atoms with Crippen molar-refractivity contribution in [3.8, 4) is 0 Å². The molecule has 2 unspecified atom stereocenters. The smallest absolute Gasteiger partial charge is 0.0349 e. The van der Waals surface area contributed by atoms with Gasteiger partial charge in [-0.3, -0.25) is 0 Å². The van der Waals surface area contributed by atoms with E-state index in [4.69, 9.17) is 0 Å². The van der Waals surface area contributed by atoms with E-state index in [0.29, 0.717) is 5.41 Å². The Morgan fingerprint density at radius 1 is 0.944 bits per heavy atom. The van der Waals surface area contributed by atoms with Crippen LogP contribution in [0.15, 0.2) is 0 Å². The summed E-state index contributed by atoms with van der Waals surface area (Å²) in [7, 11) is 0. The molecule has 0 aliphatic heterocycles. The van der Waals surface area contributed by atoms with Gasteiger partial charge in [-0.2, -0.15) is 0 Å². The summed E-state index contributed by atoms with van der Waals surface area (Å²) in [4.78, 5) is 0. The third kappa shape index (κ3) is 9.00. The van der Waals surface area contributed by atoms with Gasteiger partial charge in [0.25, 0.3) is 0 Å². The normalized spacial score (nSPS) is 16.0. The van der Waals surface area contributed by atoms with Gasteiger partial charge in [0.1, 0.15) is 0 Å². The van der Waals surface area contributed by atoms with Crippen LogP contribution in [0.4, 0.5) is 0 Å². The molecule has 0 amide bonds. The Kier molecular flexibility index (Phi) is 8.99. The molecular weight excluding hydrogens is 216 g/mol. The second kappa shape index (κ2) is 8.99. The number of hydrogen-bond donors (Lipinski definition) is 0. The monoisotopic (exact) mass is 254 g/mol. The predicted octanol–water partition coefficient (Wildman–Crippen LogP) is 6.69. The standard InChI is InChI=1S/C18H38/c1-8-10-11-17(12-15(3)4)14-18(6,7)13-16(5)9-2/h15-17H,8-14H2,1-7H3. The van der Waals surface area contributed by atoms with Crippen molar-refractivity contribution in [1.29, 1.82) is 0 Å². The van der Waals surface area contributed by atoms with Crippen LogP contribution in [0, 0.1) is 23.2 Å². The first-order valence-electron chi connectivity index (χ1n) is 8.30. The minimum Gasteiger partial charge on any atom is -0.0654 e. The molecule has 0 fully saturated rings. The molecule has 0 heteroatoms. The van der Waals surface area contributed by atoms with Crippen molar-refractivity contribution < 1.29 is 0 Å². The molecule has 0 spiro atoms. The summed E-state index contributed by atoms with van der Waals surface area (Å²) in [6.07, 6.45) is 9.77. The fourth-order valence-corrected chi connectivity index (χ4v) is 3.42. The lowest BCUT2D eigenvalue weighted by atomic mass is 9.73. The van der Waals surface area contributed by atoms with Gasteiger partial charge in [0.05, 0.1) is 0 Å². The van der Waals surface area contributed by atoms with Gasteiger partial charge in [-0.15, -0.1) is 0 Å². The molecule has 0 rings (SSSR count). The van der Waals surface area contributed by atoms with Crippen LogP contribution in [0.25, 0.3) is 0 Å². The zero-order valence-electron chi connectivity index (χ0n) is 14.2. The SMILES string of the molecule is CCCCC(CC(C)C)CC(C)(C)CC(C)CC. The number of unbranched alkanes of at least 4 members (excludes halogenated alkanes) is 1. The van der Waals surface area contributed by atoms with Crippen LogP contribution in [-0.2, 0) is 0 Å². The van der Waals surface area contributed by atoms with Crippen molar-refractivity contribution in [1.82, 2.24) is 0 Å². The van der Waals surface area contributed by atoms with Crippen molar-refractivity contribution in [2.24, 2.45) is 23.2 Å². The lowest BCUT2D eigenvalue weighted by molar-refractivity contribution is 0.188. The summed E-state index contributed by atoms with van der Waals surface area (Å²) in [6.45, 7) is 16.8. The Morgan fingerprint density at radius 2 is 1.56 bits per heavy atom. The highest BCUT2D eigenvalue weighted by molar-refractivity contribution is 4.76. The zero-order chi connectivity index (χ0) is 14.2. The number of hydrogen-bond acceptors (Lipinski definition) is 0. The molecular formula is C18H38. The molecule has 0 aliphatic carbocycles. The van der Waals surface area contributed by atoms with Gasteiger partial charge in [-0.1, -0.05) is 74.1 Å². The van der Waals surface area contributed by atoms with Crippen molar-refractivity contribution in [3.63, 3.8) is 0 Å².